The minimum absolute atomic E-state index is 0.128. The van der Waals surface area contributed by atoms with Crippen molar-refractivity contribution in [3.8, 4) is 0 Å². The van der Waals surface area contributed by atoms with E-state index in [4.69, 9.17) is 10.2 Å². The maximum atomic E-state index is 12.9. The van der Waals surface area contributed by atoms with Gasteiger partial charge in [-0.25, -0.2) is 4.79 Å². The van der Waals surface area contributed by atoms with Crippen molar-refractivity contribution in [3.05, 3.63) is 0 Å². The first-order valence-electron chi connectivity index (χ1n) is 7.68. The Labute approximate surface area is 131 Å². The minimum atomic E-state index is -4.44. The van der Waals surface area contributed by atoms with Gasteiger partial charge in [0.25, 0.3) is 0 Å². The quantitative estimate of drug-likeness (QED) is 0.726. The Balaban J connectivity index is 1.86. The number of likely N-dealkylation sites (tertiary alicyclic amines) is 1. The number of alkyl halides is 3. The van der Waals surface area contributed by atoms with Gasteiger partial charge in [0.2, 0.25) is 0 Å². The molecule has 1 aliphatic carbocycles. The van der Waals surface area contributed by atoms with E-state index in [0.29, 0.717) is 25.7 Å². The number of carbonyl (C=O) groups is 2. The molecule has 0 aromatic carbocycles. The molecule has 1 saturated heterocycles. The average molecular weight is 338 g/mol. The van der Waals surface area contributed by atoms with Crippen molar-refractivity contribution >= 4 is 12.0 Å². The number of aliphatic hydroxyl groups is 1. The van der Waals surface area contributed by atoms with Crippen LogP contribution in [0.2, 0.25) is 0 Å². The summed E-state index contributed by atoms with van der Waals surface area (Å²) in [6.45, 7) is -1.19. The molecule has 0 unspecified atom stereocenters. The van der Waals surface area contributed by atoms with Crippen LogP contribution in [0.4, 0.5) is 18.0 Å². The molecule has 132 valence electrons. The summed E-state index contributed by atoms with van der Waals surface area (Å²) < 4.78 is 38.7. The van der Waals surface area contributed by atoms with Gasteiger partial charge in [-0.2, -0.15) is 13.2 Å². The molecular formula is C14H21F3N2O4. The third kappa shape index (κ3) is 4.27. The molecule has 2 amide bonds. The van der Waals surface area contributed by atoms with Crippen LogP contribution in [0.3, 0.4) is 0 Å². The van der Waals surface area contributed by atoms with Crippen molar-refractivity contribution in [1.29, 1.82) is 0 Å². The summed E-state index contributed by atoms with van der Waals surface area (Å²) in [4.78, 5) is 24.1. The van der Waals surface area contributed by atoms with Gasteiger partial charge in [-0.05, 0) is 25.7 Å². The first-order chi connectivity index (χ1) is 10.7. The molecule has 2 fully saturated rings. The van der Waals surface area contributed by atoms with Crippen LogP contribution in [-0.4, -0.2) is 59.0 Å². The molecule has 1 aliphatic heterocycles. The van der Waals surface area contributed by atoms with E-state index in [1.54, 1.807) is 0 Å². The standard InChI is InChI=1S/C14H21F3N2O4/c15-14(16,17)11-6-19(5-9(11)7-20)13(23)18-10-3-1-8(2-4-10)12(21)22/h8-11,20H,1-7H2,(H,18,23)(H,21,22)/t8?,9-,10?,11+/m0/s1. The Bertz CT molecular complexity index is 450. The Morgan fingerprint density at radius 3 is 2.17 bits per heavy atom. The van der Waals surface area contributed by atoms with E-state index < -0.39 is 49.1 Å². The van der Waals surface area contributed by atoms with Crippen LogP contribution < -0.4 is 5.32 Å². The van der Waals surface area contributed by atoms with Crippen LogP contribution in [0, 0.1) is 17.8 Å². The zero-order valence-electron chi connectivity index (χ0n) is 12.6. The molecule has 2 atom stereocenters. The molecule has 1 saturated carbocycles. The molecule has 3 N–H and O–H groups in total. The smallest absolute Gasteiger partial charge is 0.393 e. The highest BCUT2D eigenvalue weighted by Gasteiger charge is 2.50. The fraction of sp³-hybridized carbons (Fsp3) is 0.857. The van der Waals surface area contributed by atoms with Crippen molar-refractivity contribution in [2.75, 3.05) is 19.7 Å². The second kappa shape index (κ2) is 6.94. The zero-order chi connectivity index (χ0) is 17.2. The van der Waals surface area contributed by atoms with Crippen molar-refractivity contribution in [2.24, 2.45) is 17.8 Å². The molecule has 6 nitrogen and oxygen atoms in total. The number of nitrogens with zero attached hydrogens (tertiary/aromatic N) is 1. The minimum Gasteiger partial charge on any atom is -0.481 e. The van der Waals surface area contributed by atoms with Gasteiger partial charge < -0.3 is 20.4 Å². The Morgan fingerprint density at radius 2 is 1.74 bits per heavy atom. The molecule has 0 bridgehead atoms. The second-order valence-electron chi connectivity index (χ2n) is 6.33. The lowest BCUT2D eigenvalue weighted by atomic mass is 9.86. The SMILES string of the molecule is O=C(O)C1CCC(NC(=O)N2C[C@@H](CO)[C@H](C(F)(F)F)C2)CC1. The van der Waals surface area contributed by atoms with E-state index in [-0.39, 0.29) is 12.6 Å². The molecule has 0 aromatic rings. The fourth-order valence-electron chi connectivity index (χ4n) is 3.34. The fourth-order valence-corrected chi connectivity index (χ4v) is 3.34. The molecule has 2 rings (SSSR count). The highest BCUT2D eigenvalue weighted by molar-refractivity contribution is 5.75. The number of urea groups is 1. The number of aliphatic carboxylic acids is 1. The molecular weight excluding hydrogens is 317 g/mol. The van der Waals surface area contributed by atoms with E-state index in [9.17, 15) is 22.8 Å². The number of hydrogen-bond acceptors (Lipinski definition) is 3. The zero-order valence-corrected chi connectivity index (χ0v) is 12.6. The van der Waals surface area contributed by atoms with Crippen LogP contribution >= 0.6 is 0 Å². The molecule has 2 aliphatic rings. The molecule has 9 heteroatoms. The van der Waals surface area contributed by atoms with Gasteiger partial charge in [-0.15, -0.1) is 0 Å². The Kier molecular flexibility index (Phi) is 5.38. The van der Waals surface area contributed by atoms with E-state index >= 15 is 0 Å². The van der Waals surface area contributed by atoms with Crippen LogP contribution in [0.25, 0.3) is 0 Å². The number of nitrogens with one attached hydrogen (secondary N) is 1. The summed E-state index contributed by atoms with van der Waals surface area (Å²) in [6, 6.07) is -0.787. The summed E-state index contributed by atoms with van der Waals surface area (Å²) in [5, 5.41) is 20.7. The predicted molar refractivity (Wildman–Crippen MR) is 73.6 cm³/mol. The largest absolute Gasteiger partial charge is 0.481 e. The van der Waals surface area contributed by atoms with Gasteiger partial charge in [0.05, 0.1) is 11.8 Å². The van der Waals surface area contributed by atoms with Gasteiger partial charge >= 0.3 is 18.2 Å². The van der Waals surface area contributed by atoms with Gasteiger partial charge in [0.1, 0.15) is 0 Å². The predicted octanol–water partition coefficient (Wildman–Crippen LogP) is 1.44. The number of carbonyl (C=O) groups excluding carboxylic acids is 1. The van der Waals surface area contributed by atoms with Crippen LogP contribution in [0.5, 0.6) is 0 Å². The summed E-state index contributed by atoms with van der Waals surface area (Å²) in [5.41, 5.74) is 0. The summed E-state index contributed by atoms with van der Waals surface area (Å²) in [6.07, 6.45) is -2.54. The van der Waals surface area contributed by atoms with Crippen molar-refractivity contribution in [2.45, 2.75) is 37.9 Å². The monoisotopic (exact) mass is 338 g/mol. The number of carboxylic acid groups (broad SMARTS) is 1. The van der Waals surface area contributed by atoms with Gasteiger partial charge in [-0.1, -0.05) is 0 Å². The van der Waals surface area contributed by atoms with Crippen molar-refractivity contribution in [1.82, 2.24) is 10.2 Å². The van der Waals surface area contributed by atoms with Gasteiger partial charge in [0, 0.05) is 31.7 Å². The number of carboxylic acids is 1. The van der Waals surface area contributed by atoms with Crippen molar-refractivity contribution < 1.29 is 33.0 Å². The van der Waals surface area contributed by atoms with Crippen molar-refractivity contribution in [3.63, 3.8) is 0 Å². The van der Waals surface area contributed by atoms with E-state index in [1.807, 2.05) is 0 Å². The van der Waals surface area contributed by atoms with E-state index in [0.717, 1.165) is 4.90 Å². The lowest BCUT2D eigenvalue weighted by molar-refractivity contribution is -0.182. The maximum absolute atomic E-state index is 12.9. The van der Waals surface area contributed by atoms with Crippen LogP contribution in [0.15, 0.2) is 0 Å². The summed E-state index contributed by atoms with van der Waals surface area (Å²) in [7, 11) is 0. The topological polar surface area (TPSA) is 89.9 Å². The second-order valence-corrected chi connectivity index (χ2v) is 6.33. The maximum Gasteiger partial charge on any atom is 0.393 e. The molecule has 1 heterocycles. The normalized spacial score (nSPS) is 31.9. The van der Waals surface area contributed by atoms with Crippen LogP contribution in [-0.2, 0) is 4.79 Å². The molecule has 0 radical (unpaired) electrons. The highest BCUT2D eigenvalue weighted by atomic mass is 19.4. The Hall–Kier alpha value is -1.51. The third-order valence-electron chi connectivity index (χ3n) is 4.79. The number of hydrogen-bond donors (Lipinski definition) is 3. The number of halogens is 3. The highest BCUT2D eigenvalue weighted by Crippen LogP contribution is 2.37. The lowest BCUT2D eigenvalue weighted by Crippen LogP contribution is -2.46. The Morgan fingerprint density at radius 1 is 1.13 bits per heavy atom. The molecule has 23 heavy (non-hydrogen) atoms. The molecule has 0 aromatic heterocycles. The van der Waals surface area contributed by atoms with E-state index in [2.05, 4.69) is 5.32 Å². The first kappa shape index (κ1) is 17.8. The first-order valence-corrected chi connectivity index (χ1v) is 7.68. The molecule has 0 spiro atoms. The van der Waals surface area contributed by atoms with Crippen LogP contribution in [0.1, 0.15) is 25.7 Å². The van der Waals surface area contributed by atoms with Gasteiger partial charge in [-0.3, -0.25) is 4.79 Å². The lowest BCUT2D eigenvalue weighted by Gasteiger charge is -2.28. The number of aliphatic hydroxyl groups excluding tert-OH is 1. The summed E-state index contributed by atoms with van der Waals surface area (Å²) in [5.74, 6) is -3.97. The van der Waals surface area contributed by atoms with E-state index in [1.165, 1.54) is 0 Å². The van der Waals surface area contributed by atoms with Gasteiger partial charge in [0.15, 0.2) is 0 Å². The average Bonchev–Trinajstić information content (AvgIpc) is 2.92. The number of rotatable bonds is 3. The summed E-state index contributed by atoms with van der Waals surface area (Å²) >= 11 is 0. The third-order valence-corrected chi connectivity index (χ3v) is 4.79. The number of amides is 2.